The number of esters is 1. The van der Waals surface area contributed by atoms with Gasteiger partial charge in [0.25, 0.3) is 5.91 Å². The molecule has 0 saturated carbocycles. The molecule has 2 heterocycles. The summed E-state index contributed by atoms with van der Waals surface area (Å²) in [5.74, 6) is -0.656. The molecule has 0 aliphatic carbocycles. The molecule has 11 heteroatoms. The Bertz CT molecular complexity index is 1240. The van der Waals surface area contributed by atoms with Gasteiger partial charge in [0.2, 0.25) is 0 Å². The lowest BCUT2D eigenvalue weighted by Crippen LogP contribution is -2.53. The number of carbonyl (C=O) groups excluding carboxylic acids is 3. The van der Waals surface area contributed by atoms with Crippen molar-refractivity contribution in [3.63, 3.8) is 0 Å². The van der Waals surface area contributed by atoms with Gasteiger partial charge >= 0.3 is 12.0 Å². The van der Waals surface area contributed by atoms with E-state index >= 15 is 0 Å². The lowest BCUT2D eigenvalue weighted by Gasteiger charge is -2.39. The van der Waals surface area contributed by atoms with E-state index in [4.69, 9.17) is 39.5 Å². The molecule has 8 nitrogen and oxygen atoms in total. The lowest BCUT2D eigenvalue weighted by molar-refractivity contribution is -0.139. The van der Waals surface area contributed by atoms with E-state index < -0.39 is 12.0 Å². The van der Waals surface area contributed by atoms with Crippen LogP contribution in [0.5, 0.6) is 0 Å². The van der Waals surface area contributed by atoms with E-state index in [0.717, 1.165) is 0 Å². The topological polar surface area (TPSA) is 82.2 Å². The summed E-state index contributed by atoms with van der Waals surface area (Å²) in [6.45, 7) is 4.28. The third-order valence-electron chi connectivity index (χ3n) is 6.48. The molecule has 3 amide bonds. The fourth-order valence-corrected chi connectivity index (χ4v) is 5.23. The van der Waals surface area contributed by atoms with Crippen LogP contribution < -0.4 is 5.32 Å². The molecular weight excluding hydrogens is 539 g/mol. The molecular formula is C26H27Cl3N4O4. The Balaban J connectivity index is 1.59. The van der Waals surface area contributed by atoms with E-state index in [2.05, 4.69) is 10.2 Å². The van der Waals surface area contributed by atoms with Crippen LogP contribution in [0.4, 0.5) is 4.79 Å². The van der Waals surface area contributed by atoms with Gasteiger partial charge in [-0.1, -0.05) is 53.0 Å². The number of hydrogen-bond acceptors (Lipinski definition) is 5. The van der Waals surface area contributed by atoms with E-state index in [1.807, 2.05) is 0 Å². The van der Waals surface area contributed by atoms with Gasteiger partial charge in [-0.3, -0.25) is 14.6 Å². The maximum absolute atomic E-state index is 13.2. The zero-order valence-electron chi connectivity index (χ0n) is 20.5. The summed E-state index contributed by atoms with van der Waals surface area (Å²) in [5.41, 5.74) is 1.84. The minimum atomic E-state index is -0.800. The number of carbonyl (C=O) groups is 3. The van der Waals surface area contributed by atoms with Crippen molar-refractivity contribution in [2.24, 2.45) is 0 Å². The molecule has 1 fully saturated rings. The number of urea groups is 1. The number of rotatable bonds is 6. The summed E-state index contributed by atoms with van der Waals surface area (Å²) in [6, 6.07) is 10.7. The number of hydrogen-bond donors (Lipinski definition) is 1. The van der Waals surface area contributed by atoms with Crippen LogP contribution in [-0.4, -0.2) is 79.0 Å². The molecule has 2 aliphatic heterocycles. The maximum atomic E-state index is 13.2. The molecule has 1 saturated heterocycles. The fraction of sp³-hybridized carbons (Fsp3) is 0.346. The summed E-state index contributed by atoms with van der Waals surface area (Å²) in [5, 5.41) is 4.05. The number of benzene rings is 2. The largest absolute Gasteiger partial charge is 0.463 e. The Morgan fingerprint density at radius 3 is 2.38 bits per heavy atom. The van der Waals surface area contributed by atoms with Crippen molar-refractivity contribution >= 4 is 52.7 Å². The minimum Gasteiger partial charge on any atom is -0.463 e. The quantitative estimate of drug-likeness (QED) is 0.517. The van der Waals surface area contributed by atoms with Crippen LogP contribution in [0.1, 0.15) is 28.9 Å². The average Bonchev–Trinajstić information content (AvgIpc) is 2.87. The summed E-state index contributed by atoms with van der Waals surface area (Å²) in [6.07, 6.45) is 0. The van der Waals surface area contributed by atoms with Crippen LogP contribution in [0.25, 0.3) is 0 Å². The molecule has 1 atom stereocenters. The van der Waals surface area contributed by atoms with Crippen LogP contribution in [0.2, 0.25) is 15.1 Å². The smallest absolute Gasteiger partial charge is 0.338 e. The van der Waals surface area contributed by atoms with Crippen molar-refractivity contribution in [2.45, 2.75) is 13.0 Å². The molecule has 0 spiro atoms. The van der Waals surface area contributed by atoms with Crippen LogP contribution in [0.15, 0.2) is 53.7 Å². The van der Waals surface area contributed by atoms with Gasteiger partial charge in [-0.25, -0.2) is 9.59 Å². The molecule has 196 valence electrons. The second kappa shape index (κ2) is 11.7. The Morgan fingerprint density at radius 2 is 1.73 bits per heavy atom. The number of nitrogens with one attached hydrogen (secondary N) is 1. The third-order valence-corrected chi connectivity index (χ3v) is 7.37. The van der Waals surface area contributed by atoms with E-state index in [1.54, 1.807) is 61.3 Å². The normalized spacial score (nSPS) is 18.6. The highest BCUT2D eigenvalue weighted by molar-refractivity contribution is 6.35. The fourth-order valence-electron chi connectivity index (χ4n) is 4.49. The van der Waals surface area contributed by atoms with Crippen LogP contribution >= 0.6 is 34.8 Å². The molecule has 37 heavy (non-hydrogen) atoms. The second-order valence-electron chi connectivity index (χ2n) is 8.74. The highest BCUT2D eigenvalue weighted by Gasteiger charge is 2.38. The van der Waals surface area contributed by atoms with Gasteiger partial charge in [-0.15, -0.1) is 0 Å². The molecule has 0 unspecified atom stereocenters. The standard InChI is InChI=1S/C26H27Cl3N4O4/c1-3-37-25(35)22-21(31(2)26(36)30-23(22)17-9-8-16(27)14-20(17)29)15-32-10-12-33(13-11-32)24(34)18-6-4-5-7-19(18)28/h4-9,14,23H,3,10-13,15H2,1-2H3,(H,30,36)/t23-/m1/s1. The van der Waals surface area contributed by atoms with Gasteiger partial charge in [-0.05, 0) is 36.8 Å². The van der Waals surface area contributed by atoms with Gasteiger partial charge in [0, 0.05) is 55.5 Å². The van der Waals surface area contributed by atoms with Crippen molar-refractivity contribution in [3.05, 3.63) is 79.9 Å². The monoisotopic (exact) mass is 564 g/mol. The van der Waals surface area contributed by atoms with Crippen LogP contribution in [0, 0.1) is 0 Å². The first kappa shape index (κ1) is 27.3. The number of nitrogens with zero attached hydrogens (tertiary/aromatic N) is 3. The number of ether oxygens (including phenoxy) is 1. The van der Waals surface area contributed by atoms with Crippen molar-refractivity contribution in [1.82, 2.24) is 20.0 Å². The number of piperazine rings is 1. The Hall–Kier alpha value is -2.78. The second-order valence-corrected chi connectivity index (χ2v) is 9.99. The highest BCUT2D eigenvalue weighted by Crippen LogP contribution is 2.36. The van der Waals surface area contributed by atoms with Crippen molar-refractivity contribution in [2.75, 3.05) is 46.4 Å². The van der Waals surface area contributed by atoms with Gasteiger partial charge in [-0.2, -0.15) is 0 Å². The zero-order chi connectivity index (χ0) is 26.7. The number of amides is 3. The van der Waals surface area contributed by atoms with E-state index in [0.29, 0.717) is 70.2 Å². The highest BCUT2D eigenvalue weighted by atomic mass is 35.5. The zero-order valence-corrected chi connectivity index (χ0v) is 22.7. The van der Waals surface area contributed by atoms with Crippen molar-refractivity contribution in [1.29, 1.82) is 0 Å². The van der Waals surface area contributed by atoms with Crippen molar-refractivity contribution in [3.8, 4) is 0 Å². The first-order valence-corrected chi connectivity index (χ1v) is 13.0. The summed E-state index contributed by atoms with van der Waals surface area (Å²) >= 11 is 18.7. The number of halogens is 3. The van der Waals surface area contributed by atoms with E-state index in [9.17, 15) is 14.4 Å². The van der Waals surface area contributed by atoms with Gasteiger partial charge < -0.3 is 15.0 Å². The average molecular weight is 566 g/mol. The Morgan fingerprint density at radius 1 is 1.03 bits per heavy atom. The first-order chi connectivity index (χ1) is 17.7. The van der Waals surface area contributed by atoms with E-state index in [1.165, 1.54) is 4.90 Å². The lowest BCUT2D eigenvalue weighted by atomic mass is 9.94. The summed E-state index contributed by atoms with van der Waals surface area (Å²) in [4.78, 5) is 44.4. The predicted octanol–water partition coefficient (Wildman–Crippen LogP) is 4.62. The molecule has 0 aromatic heterocycles. The third kappa shape index (κ3) is 5.88. The first-order valence-electron chi connectivity index (χ1n) is 11.9. The molecule has 2 aliphatic rings. The molecule has 4 rings (SSSR count). The maximum Gasteiger partial charge on any atom is 0.338 e. The van der Waals surface area contributed by atoms with Gasteiger partial charge in [0.05, 0.1) is 28.8 Å². The minimum absolute atomic E-state index is 0.122. The molecule has 0 radical (unpaired) electrons. The Kier molecular flexibility index (Phi) is 8.64. The molecule has 2 aromatic rings. The van der Waals surface area contributed by atoms with Crippen LogP contribution in [0.3, 0.4) is 0 Å². The SMILES string of the molecule is CCOC(=O)C1=C(CN2CCN(C(=O)c3ccccc3Cl)CC2)N(C)C(=O)N[C@@H]1c1ccc(Cl)cc1Cl. The number of likely N-dealkylation sites (N-methyl/N-ethyl adjacent to an activating group) is 1. The Labute approximate surface area is 230 Å². The predicted molar refractivity (Wildman–Crippen MR) is 143 cm³/mol. The molecule has 1 N–H and O–H groups in total. The summed E-state index contributed by atoms with van der Waals surface area (Å²) < 4.78 is 5.38. The van der Waals surface area contributed by atoms with Crippen LogP contribution in [-0.2, 0) is 9.53 Å². The van der Waals surface area contributed by atoms with Gasteiger partial charge in [0.15, 0.2) is 0 Å². The van der Waals surface area contributed by atoms with E-state index in [-0.39, 0.29) is 18.5 Å². The van der Waals surface area contributed by atoms with Crippen molar-refractivity contribution < 1.29 is 19.1 Å². The molecule has 2 aromatic carbocycles. The molecule has 0 bridgehead atoms. The van der Waals surface area contributed by atoms with Gasteiger partial charge in [0.1, 0.15) is 0 Å². The summed E-state index contributed by atoms with van der Waals surface area (Å²) in [7, 11) is 1.61.